The highest BCUT2D eigenvalue weighted by atomic mass is 32.2. The van der Waals surface area contributed by atoms with E-state index in [0.717, 1.165) is 22.7 Å². The third kappa shape index (κ3) is 4.86. The molecule has 1 unspecified atom stereocenters. The first kappa shape index (κ1) is 19.7. The fraction of sp³-hybridized carbons (Fsp3) is 0.318. The number of carbonyl (C=O) groups is 1. The molecule has 1 atom stereocenters. The van der Waals surface area contributed by atoms with E-state index in [1.165, 1.54) is 11.8 Å². The Morgan fingerprint density at radius 3 is 2.66 bits per heavy atom. The van der Waals surface area contributed by atoms with Gasteiger partial charge in [0.05, 0.1) is 18.9 Å². The van der Waals surface area contributed by atoms with Crippen molar-refractivity contribution < 1.29 is 13.9 Å². The molecule has 150 valence electrons. The summed E-state index contributed by atoms with van der Waals surface area (Å²) in [6, 6.07) is 15.5. The number of morpholine rings is 1. The predicted molar refractivity (Wildman–Crippen MR) is 111 cm³/mol. The zero-order valence-electron chi connectivity index (χ0n) is 16.5. The van der Waals surface area contributed by atoms with E-state index < -0.39 is 0 Å². The van der Waals surface area contributed by atoms with E-state index in [4.69, 9.17) is 9.15 Å². The van der Waals surface area contributed by atoms with Gasteiger partial charge in [0.2, 0.25) is 0 Å². The summed E-state index contributed by atoms with van der Waals surface area (Å²) in [6.07, 6.45) is -0.111. The average Bonchev–Trinajstić information content (AvgIpc) is 3.21. The molecule has 0 aliphatic carbocycles. The van der Waals surface area contributed by atoms with Crippen molar-refractivity contribution >= 4 is 17.7 Å². The van der Waals surface area contributed by atoms with Crippen LogP contribution in [0.4, 0.5) is 0 Å². The molecule has 0 N–H and O–H groups in total. The zero-order chi connectivity index (χ0) is 20.2. The van der Waals surface area contributed by atoms with Crippen molar-refractivity contribution in [2.24, 2.45) is 0 Å². The van der Waals surface area contributed by atoms with Crippen LogP contribution in [0.3, 0.4) is 0 Å². The summed E-state index contributed by atoms with van der Waals surface area (Å²) < 4.78 is 11.7. The molecule has 1 aliphatic rings. The fourth-order valence-corrected chi connectivity index (χ4v) is 4.17. The van der Waals surface area contributed by atoms with Gasteiger partial charge >= 0.3 is 0 Å². The molecule has 1 aliphatic heterocycles. The average molecular weight is 410 g/mol. The summed E-state index contributed by atoms with van der Waals surface area (Å²) in [4.78, 5) is 23.5. The number of amides is 1. The quantitative estimate of drug-likeness (QED) is 0.465. The third-order valence-corrected chi connectivity index (χ3v) is 5.57. The van der Waals surface area contributed by atoms with Gasteiger partial charge in [-0.25, -0.2) is 9.97 Å². The number of rotatable bonds is 5. The molecule has 1 aromatic carbocycles. The standard InChI is InChI=1S/C22H23N3O3S/c1-15-12-16(2)24-22(23-15)29-14-18-8-9-19(28-18)21(26)25-10-11-27-20(13-25)17-6-4-3-5-7-17/h3-9,12,20H,10-11,13-14H2,1-2H3. The largest absolute Gasteiger partial charge is 0.455 e. The molecular weight excluding hydrogens is 386 g/mol. The molecular formula is C22H23N3O3S. The molecule has 0 radical (unpaired) electrons. The summed E-state index contributed by atoms with van der Waals surface area (Å²) in [7, 11) is 0. The van der Waals surface area contributed by atoms with E-state index in [1.54, 1.807) is 11.0 Å². The van der Waals surface area contributed by atoms with E-state index in [1.807, 2.05) is 56.3 Å². The van der Waals surface area contributed by atoms with Crippen molar-refractivity contribution in [3.05, 3.63) is 77.0 Å². The smallest absolute Gasteiger partial charge is 0.289 e. The SMILES string of the molecule is Cc1cc(C)nc(SCc2ccc(C(=O)N3CCOC(c4ccccc4)C3)o2)n1. The zero-order valence-corrected chi connectivity index (χ0v) is 17.3. The first-order valence-corrected chi connectivity index (χ1v) is 10.6. The Morgan fingerprint density at radius 1 is 1.14 bits per heavy atom. The van der Waals surface area contributed by atoms with Crippen LogP contribution in [0.5, 0.6) is 0 Å². The van der Waals surface area contributed by atoms with Gasteiger partial charge in [-0.05, 0) is 37.6 Å². The molecule has 2 aromatic heterocycles. The van der Waals surface area contributed by atoms with Crippen LogP contribution in [0.2, 0.25) is 0 Å². The molecule has 1 amide bonds. The van der Waals surface area contributed by atoms with Gasteiger partial charge in [0, 0.05) is 17.9 Å². The summed E-state index contributed by atoms with van der Waals surface area (Å²) >= 11 is 1.50. The van der Waals surface area contributed by atoms with E-state index in [2.05, 4.69) is 9.97 Å². The van der Waals surface area contributed by atoms with Gasteiger partial charge in [0.1, 0.15) is 11.9 Å². The molecule has 3 aromatic rings. The van der Waals surface area contributed by atoms with Crippen molar-refractivity contribution in [2.45, 2.75) is 30.9 Å². The Labute approximate surface area is 174 Å². The lowest BCUT2D eigenvalue weighted by atomic mass is 10.1. The van der Waals surface area contributed by atoms with Crippen molar-refractivity contribution in [3.8, 4) is 0 Å². The molecule has 1 saturated heterocycles. The van der Waals surface area contributed by atoms with Gasteiger partial charge in [0.15, 0.2) is 10.9 Å². The van der Waals surface area contributed by atoms with Crippen molar-refractivity contribution in [2.75, 3.05) is 19.7 Å². The minimum atomic E-state index is -0.111. The minimum absolute atomic E-state index is 0.104. The number of carbonyl (C=O) groups excluding carboxylic acids is 1. The van der Waals surface area contributed by atoms with Gasteiger partial charge in [-0.15, -0.1) is 0 Å². The van der Waals surface area contributed by atoms with Crippen LogP contribution in [-0.2, 0) is 10.5 Å². The van der Waals surface area contributed by atoms with Gasteiger partial charge in [-0.1, -0.05) is 42.1 Å². The number of hydrogen-bond acceptors (Lipinski definition) is 6. The van der Waals surface area contributed by atoms with Crippen LogP contribution < -0.4 is 0 Å². The van der Waals surface area contributed by atoms with Crippen molar-refractivity contribution in [1.29, 1.82) is 0 Å². The van der Waals surface area contributed by atoms with Gasteiger partial charge in [-0.3, -0.25) is 4.79 Å². The lowest BCUT2D eigenvalue weighted by Crippen LogP contribution is -2.42. The molecule has 0 saturated carbocycles. The first-order valence-electron chi connectivity index (χ1n) is 9.58. The van der Waals surface area contributed by atoms with Crippen molar-refractivity contribution in [1.82, 2.24) is 14.9 Å². The molecule has 0 spiro atoms. The van der Waals surface area contributed by atoms with Crippen LogP contribution in [0.25, 0.3) is 0 Å². The molecule has 0 bridgehead atoms. The van der Waals surface area contributed by atoms with E-state index in [0.29, 0.717) is 36.4 Å². The number of thioether (sulfide) groups is 1. The maximum absolute atomic E-state index is 12.9. The number of nitrogens with zero attached hydrogens (tertiary/aromatic N) is 3. The summed E-state index contributed by atoms with van der Waals surface area (Å²) in [5.41, 5.74) is 2.96. The number of aromatic nitrogens is 2. The Balaban J connectivity index is 1.39. The van der Waals surface area contributed by atoms with Gasteiger partial charge in [0.25, 0.3) is 5.91 Å². The Morgan fingerprint density at radius 2 is 1.90 bits per heavy atom. The van der Waals surface area contributed by atoms with Gasteiger partial charge in [-0.2, -0.15) is 0 Å². The molecule has 29 heavy (non-hydrogen) atoms. The lowest BCUT2D eigenvalue weighted by molar-refractivity contribution is -0.0238. The maximum Gasteiger partial charge on any atom is 0.289 e. The monoisotopic (exact) mass is 409 g/mol. The fourth-order valence-electron chi connectivity index (χ4n) is 3.32. The first-order chi connectivity index (χ1) is 14.1. The van der Waals surface area contributed by atoms with Crippen LogP contribution in [0.1, 0.15) is 39.4 Å². The number of benzene rings is 1. The summed E-state index contributed by atoms with van der Waals surface area (Å²) in [5, 5.41) is 0.714. The Kier molecular flexibility index (Phi) is 5.97. The second-order valence-electron chi connectivity index (χ2n) is 7.01. The highest BCUT2D eigenvalue weighted by Crippen LogP contribution is 2.25. The second kappa shape index (κ2) is 8.80. The van der Waals surface area contributed by atoms with E-state index >= 15 is 0 Å². The van der Waals surface area contributed by atoms with Crippen LogP contribution >= 0.6 is 11.8 Å². The molecule has 3 heterocycles. The Bertz CT molecular complexity index is 970. The maximum atomic E-state index is 12.9. The summed E-state index contributed by atoms with van der Waals surface area (Å²) in [5.74, 6) is 1.56. The Hall–Kier alpha value is -2.64. The predicted octanol–water partition coefficient (Wildman–Crippen LogP) is 4.19. The van der Waals surface area contributed by atoms with Crippen molar-refractivity contribution in [3.63, 3.8) is 0 Å². The second-order valence-corrected chi connectivity index (χ2v) is 7.95. The topological polar surface area (TPSA) is 68.5 Å². The number of hydrogen-bond donors (Lipinski definition) is 0. The molecule has 1 fully saturated rings. The highest BCUT2D eigenvalue weighted by Gasteiger charge is 2.27. The molecule has 6 nitrogen and oxygen atoms in total. The number of aryl methyl sites for hydroxylation is 2. The molecule has 4 rings (SSSR count). The molecule has 7 heteroatoms. The van der Waals surface area contributed by atoms with Crippen LogP contribution in [0, 0.1) is 13.8 Å². The third-order valence-electron chi connectivity index (χ3n) is 4.70. The van der Waals surface area contributed by atoms with Crippen LogP contribution in [0.15, 0.2) is 58.1 Å². The lowest BCUT2D eigenvalue weighted by Gasteiger charge is -2.32. The van der Waals surface area contributed by atoms with Crippen LogP contribution in [-0.4, -0.2) is 40.5 Å². The summed E-state index contributed by atoms with van der Waals surface area (Å²) in [6.45, 7) is 5.49. The van der Waals surface area contributed by atoms with E-state index in [-0.39, 0.29) is 12.0 Å². The van der Waals surface area contributed by atoms with Gasteiger partial charge < -0.3 is 14.1 Å². The highest BCUT2D eigenvalue weighted by molar-refractivity contribution is 7.98. The number of ether oxygens (including phenoxy) is 1. The number of furan rings is 1. The normalized spacial score (nSPS) is 16.8. The van der Waals surface area contributed by atoms with E-state index in [9.17, 15) is 4.79 Å². The minimum Gasteiger partial charge on any atom is -0.455 e.